The molecule has 0 atom stereocenters. The molecule has 3 aromatic rings. The molecule has 0 saturated heterocycles. The van der Waals surface area contributed by atoms with Gasteiger partial charge in [0.25, 0.3) is 0 Å². The van der Waals surface area contributed by atoms with Gasteiger partial charge < -0.3 is 15.8 Å². The summed E-state index contributed by atoms with van der Waals surface area (Å²) in [7, 11) is 0. The summed E-state index contributed by atoms with van der Waals surface area (Å²) in [4.78, 5) is 15.2. The Balaban J connectivity index is 0.000000140. The van der Waals surface area contributed by atoms with Crippen LogP contribution in [-0.2, 0) is 0 Å². The smallest absolute Gasteiger partial charge is 0.412 e. The minimum atomic E-state index is -0.906. The Morgan fingerprint density at radius 2 is 2.00 bits per heavy atom. The predicted octanol–water partition coefficient (Wildman–Crippen LogP) is 3.95. The van der Waals surface area contributed by atoms with Crippen LogP contribution in [0.3, 0.4) is 0 Å². The number of nitrogens with zero attached hydrogens (tertiary/aromatic N) is 1. The first kappa shape index (κ1) is 14.7. The van der Waals surface area contributed by atoms with Gasteiger partial charge >= 0.3 is 6.09 Å². The van der Waals surface area contributed by atoms with E-state index in [9.17, 15) is 4.79 Å². The Labute approximate surface area is 133 Å². The molecule has 0 unspecified atom stereocenters. The average Bonchev–Trinajstić information content (AvgIpc) is 3.02. The lowest BCUT2D eigenvalue weighted by molar-refractivity contribution is 0.202. The molecular weight excluding hydrogens is 290 g/mol. The SMILES string of the molecule is Nc1ccc2cc[nH]c2c1.O=C(O)N1CC=Cc2ccccc21. The molecule has 2 heterocycles. The normalized spacial score (nSPS) is 12.4. The van der Waals surface area contributed by atoms with E-state index in [1.54, 1.807) is 0 Å². The maximum absolute atomic E-state index is 10.8. The number of H-pyrrole nitrogens is 1. The number of nitrogen functional groups attached to an aromatic ring is 1. The number of anilines is 2. The van der Waals surface area contributed by atoms with Gasteiger partial charge in [0.1, 0.15) is 0 Å². The topological polar surface area (TPSA) is 82.3 Å². The molecule has 4 rings (SSSR count). The second kappa shape index (κ2) is 6.27. The van der Waals surface area contributed by atoms with Crippen LogP contribution in [0.1, 0.15) is 5.56 Å². The third-order valence-electron chi connectivity index (χ3n) is 3.62. The van der Waals surface area contributed by atoms with Crippen LogP contribution in [0.2, 0.25) is 0 Å². The lowest BCUT2D eigenvalue weighted by Gasteiger charge is -2.22. The summed E-state index contributed by atoms with van der Waals surface area (Å²) in [5.41, 5.74) is 9.18. The maximum Gasteiger partial charge on any atom is 0.412 e. The van der Waals surface area contributed by atoms with Crippen LogP contribution in [0.15, 0.2) is 60.8 Å². The van der Waals surface area contributed by atoms with Crippen molar-refractivity contribution in [1.82, 2.24) is 4.98 Å². The zero-order valence-corrected chi connectivity index (χ0v) is 12.4. The van der Waals surface area contributed by atoms with Crippen molar-refractivity contribution in [2.75, 3.05) is 17.2 Å². The molecule has 1 amide bonds. The van der Waals surface area contributed by atoms with Gasteiger partial charge in [0.15, 0.2) is 0 Å². The van der Waals surface area contributed by atoms with Crippen LogP contribution in [0.25, 0.3) is 17.0 Å². The third-order valence-corrected chi connectivity index (χ3v) is 3.62. The predicted molar refractivity (Wildman–Crippen MR) is 93.6 cm³/mol. The van der Waals surface area contributed by atoms with Crippen molar-refractivity contribution in [2.45, 2.75) is 0 Å². The van der Waals surface area contributed by atoms with Gasteiger partial charge in [0, 0.05) is 23.9 Å². The number of hydrogen-bond donors (Lipinski definition) is 3. The van der Waals surface area contributed by atoms with E-state index < -0.39 is 6.09 Å². The number of hydrogen-bond acceptors (Lipinski definition) is 2. The summed E-state index contributed by atoms with van der Waals surface area (Å²) in [6, 6.07) is 15.3. The van der Waals surface area contributed by atoms with Crippen LogP contribution < -0.4 is 10.6 Å². The van der Waals surface area contributed by atoms with E-state index in [2.05, 4.69) is 4.98 Å². The minimum Gasteiger partial charge on any atom is -0.465 e. The van der Waals surface area contributed by atoms with Crippen molar-refractivity contribution in [3.05, 3.63) is 66.4 Å². The monoisotopic (exact) mass is 307 g/mol. The molecule has 2 aromatic carbocycles. The molecule has 4 N–H and O–H groups in total. The largest absolute Gasteiger partial charge is 0.465 e. The molecule has 1 aliphatic heterocycles. The Bertz CT molecular complexity index is 867. The molecule has 1 aliphatic rings. The molecule has 0 radical (unpaired) electrons. The average molecular weight is 307 g/mol. The van der Waals surface area contributed by atoms with Crippen LogP contribution in [-0.4, -0.2) is 22.7 Å². The Kier molecular flexibility index (Phi) is 4.01. The molecule has 0 saturated carbocycles. The van der Waals surface area contributed by atoms with E-state index in [1.165, 1.54) is 10.3 Å². The standard InChI is InChI=1S/C10H9NO2.C8H8N2/c12-10(13)11-7-3-5-8-4-1-2-6-9(8)11;9-7-2-1-6-3-4-10-8(6)5-7/h1-6H,7H2,(H,12,13);1-5,10H,9H2. The van der Waals surface area contributed by atoms with Crippen LogP contribution in [0.5, 0.6) is 0 Å². The maximum atomic E-state index is 10.8. The Hall–Kier alpha value is -3.21. The highest BCUT2D eigenvalue weighted by molar-refractivity contribution is 5.91. The number of amides is 1. The number of para-hydroxylation sites is 1. The third kappa shape index (κ3) is 3.18. The molecule has 0 spiro atoms. The van der Waals surface area contributed by atoms with Crippen molar-refractivity contribution in [2.24, 2.45) is 0 Å². The molecule has 0 fully saturated rings. The molecule has 0 bridgehead atoms. The van der Waals surface area contributed by atoms with Gasteiger partial charge in [-0.05, 0) is 35.2 Å². The van der Waals surface area contributed by atoms with Crippen molar-refractivity contribution < 1.29 is 9.90 Å². The fourth-order valence-corrected chi connectivity index (χ4v) is 2.50. The first-order chi connectivity index (χ1) is 11.1. The minimum absolute atomic E-state index is 0.437. The molecule has 5 heteroatoms. The number of aromatic amines is 1. The van der Waals surface area contributed by atoms with Crippen molar-refractivity contribution in [3.8, 4) is 0 Å². The molecule has 5 nitrogen and oxygen atoms in total. The number of nitrogens with one attached hydrogen (secondary N) is 1. The van der Waals surface area contributed by atoms with Gasteiger partial charge in [-0.3, -0.25) is 4.90 Å². The lowest BCUT2D eigenvalue weighted by Crippen LogP contribution is -2.31. The van der Waals surface area contributed by atoms with E-state index in [1.807, 2.05) is 66.9 Å². The highest BCUT2D eigenvalue weighted by Crippen LogP contribution is 2.25. The summed E-state index contributed by atoms with van der Waals surface area (Å²) in [6.07, 6.45) is 4.78. The molecule has 116 valence electrons. The fourth-order valence-electron chi connectivity index (χ4n) is 2.50. The second-order valence-electron chi connectivity index (χ2n) is 5.18. The van der Waals surface area contributed by atoms with Gasteiger partial charge in [-0.25, -0.2) is 4.79 Å². The zero-order valence-electron chi connectivity index (χ0n) is 12.4. The fraction of sp³-hybridized carbons (Fsp3) is 0.0556. The molecule has 1 aromatic heterocycles. The van der Waals surface area contributed by atoms with E-state index in [4.69, 9.17) is 10.8 Å². The first-order valence-electron chi connectivity index (χ1n) is 7.24. The van der Waals surface area contributed by atoms with E-state index in [-0.39, 0.29) is 0 Å². The number of carbonyl (C=O) groups is 1. The summed E-state index contributed by atoms with van der Waals surface area (Å²) in [5, 5.41) is 10.1. The van der Waals surface area contributed by atoms with E-state index in [0.29, 0.717) is 6.54 Å². The number of nitrogens with two attached hydrogens (primary N) is 1. The summed E-state index contributed by atoms with van der Waals surface area (Å²) in [5.74, 6) is 0. The Morgan fingerprint density at radius 1 is 1.17 bits per heavy atom. The summed E-state index contributed by atoms with van der Waals surface area (Å²) >= 11 is 0. The Morgan fingerprint density at radius 3 is 2.83 bits per heavy atom. The van der Waals surface area contributed by atoms with Crippen LogP contribution in [0.4, 0.5) is 16.2 Å². The summed E-state index contributed by atoms with van der Waals surface area (Å²) < 4.78 is 0. The van der Waals surface area contributed by atoms with Crippen molar-refractivity contribution in [1.29, 1.82) is 0 Å². The van der Waals surface area contributed by atoms with Gasteiger partial charge in [0.05, 0.1) is 5.69 Å². The van der Waals surface area contributed by atoms with Crippen LogP contribution >= 0.6 is 0 Å². The quantitative estimate of drug-likeness (QED) is 0.550. The van der Waals surface area contributed by atoms with Crippen molar-refractivity contribution in [3.63, 3.8) is 0 Å². The first-order valence-corrected chi connectivity index (χ1v) is 7.24. The molecular formula is C18H17N3O2. The number of aromatic nitrogens is 1. The number of benzene rings is 2. The zero-order chi connectivity index (χ0) is 16.2. The second-order valence-corrected chi connectivity index (χ2v) is 5.18. The molecule has 23 heavy (non-hydrogen) atoms. The summed E-state index contributed by atoms with van der Waals surface area (Å²) in [6.45, 7) is 0.437. The number of carboxylic acid groups (broad SMARTS) is 1. The van der Waals surface area contributed by atoms with Gasteiger partial charge in [0.2, 0.25) is 0 Å². The number of fused-ring (bicyclic) bond motifs is 2. The highest BCUT2D eigenvalue weighted by Gasteiger charge is 2.17. The van der Waals surface area contributed by atoms with Crippen molar-refractivity contribution >= 4 is 34.4 Å². The van der Waals surface area contributed by atoms with Crippen LogP contribution in [0, 0.1) is 0 Å². The van der Waals surface area contributed by atoms with E-state index in [0.717, 1.165) is 22.5 Å². The van der Waals surface area contributed by atoms with Gasteiger partial charge in [-0.15, -0.1) is 0 Å². The van der Waals surface area contributed by atoms with Gasteiger partial charge in [-0.1, -0.05) is 36.4 Å². The van der Waals surface area contributed by atoms with E-state index >= 15 is 0 Å². The highest BCUT2D eigenvalue weighted by atomic mass is 16.4. The van der Waals surface area contributed by atoms with Gasteiger partial charge in [-0.2, -0.15) is 0 Å². The lowest BCUT2D eigenvalue weighted by atomic mass is 10.1. The number of rotatable bonds is 0. The molecule has 0 aliphatic carbocycles.